The van der Waals surface area contributed by atoms with E-state index in [4.69, 9.17) is 0 Å². The molecule has 0 atom stereocenters. The molecule has 3 rings (SSSR count). The number of halogens is 1. The molecule has 0 aliphatic rings. The molecule has 2 aromatic heterocycles. The van der Waals surface area contributed by atoms with E-state index in [-0.39, 0.29) is 11.4 Å². The Balaban J connectivity index is 1.80. The number of aromatic amines is 1. The first-order chi connectivity index (χ1) is 10.2. The summed E-state index contributed by atoms with van der Waals surface area (Å²) in [6.07, 6.45) is 3.28. The zero-order valence-electron chi connectivity index (χ0n) is 10.9. The van der Waals surface area contributed by atoms with Crippen LogP contribution < -0.4 is 5.32 Å². The van der Waals surface area contributed by atoms with Gasteiger partial charge in [-0.2, -0.15) is 5.10 Å². The van der Waals surface area contributed by atoms with E-state index >= 15 is 0 Å². The number of amides is 1. The van der Waals surface area contributed by atoms with Gasteiger partial charge in [0.2, 0.25) is 0 Å². The molecule has 2 heterocycles. The number of aromatic nitrogens is 3. The van der Waals surface area contributed by atoms with Crippen molar-refractivity contribution in [3.05, 3.63) is 66.4 Å². The second kappa shape index (κ2) is 5.54. The van der Waals surface area contributed by atoms with Gasteiger partial charge in [0.1, 0.15) is 11.5 Å². The molecule has 0 saturated carbocycles. The SMILES string of the molecule is O=C(Nc1ccccc1F)c1cc(-c2ccncc2)n[nH]1. The van der Waals surface area contributed by atoms with Crippen molar-refractivity contribution in [2.24, 2.45) is 0 Å². The molecule has 1 amide bonds. The van der Waals surface area contributed by atoms with Crippen LogP contribution in [0.1, 0.15) is 10.5 Å². The van der Waals surface area contributed by atoms with Gasteiger partial charge in [-0.3, -0.25) is 14.9 Å². The Kier molecular flexibility index (Phi) is 3.42. The lowest BCUT2D eigenvalue weighted by Crippen LogP contribution is -2.13. The summed E-state index contributed by atoms with van der Waals surface area (Å²) < 4.78 is 13.5. The lowest BCUT2D eigenvalue weighted by atomic mass is 10.2. The number of carbonyl (C=O) groups excluding carboxylic acids is 1. The maximum Gasteiger partial charge on any atom is 0.273 e. The number of H-pyrrole nitrogens is 1. The van der Waals surface area contributed by atoms with E-state index in [1.54, 1.807) is 42.7 Å². The van der Waals surface area contributed by atoms with E-state index in [9.17, 15) is 9.18 Å². The fourth-order valence-corrected chi connectivity index (χ4v) is 1.86. The van der Waals surface area contributed by atoms with Gasteiger partial charge in [-0.15, -0.1) is 0 Å². The molecule has 0 aliphatic carbocycles. The van der Waals surface area contributed by atoms with Gasteiger partial charge in [0.05, 0.1) is 11.4 Å². The minimum Gasteiger partial charge on any atom is -0.318 e. The molecule has 0 aliphatic heterocycles. The van der Waals surface area contributed by atoms with Gasteiger partial charge in [0.25, 0.3) is 5.91 Å². The van der Waals surface area contributed by atoms with Crippen molar-refractivity contribution in [3.63, 3.8) is 0 Å². The Morgan fingerprint density at radius 3 is 2.67 bits per heavy atom. The van der Waals surface area contributed by atoms with Crippen LogP contribution in [0, 0.1) is 5.82 Å². The molecule has 0 fully saturated rings. The van der Waals surface area contributed by atoms with Gasteiger partial charge in [-0.25, -0.2) is 4.39 Å². The smallest absolute Gasteiger partial charge is 0.273 e. The Morgan fingerprint density at radius 2 is 1.90 bits per heavy atom. The third-order valence-electron chi connectivity index (χ3n) is 2.92. The lowest BCUT2D eigenvalue weighted by molar-refractivity contribution is 0.102. The normalized spacial score (nSPS) is 10.3. The standard InChI is InChI=1S/C15H11FN4O/c16-11-3-1-2-4-12(11)18-15(21)14-9-13(19-20-14)10-5-7-17-8-6-10/h1-9H,(H,18,21)(H,19,20). The number of hydrogen-bond donors (Lipinski definition) is 2. The highest BCUT2D eigenvalue weighted by atomic mass is 19.1. The third-order valence-corrected chi connectivity index (χ3v) is 2.92. The van der Waals surface area contributed by atoms with E-state index in [1.165, 1.54) is 12.1 Å². The molecule has 5 nitrogen and oxygen atoms in total. The number of nitrogens with zero attached hydrogens (tertiary/aromatic N) is 2. The average molecular weight is 282 g/mol. The first-order valence-corrected chi connectivity index (χ1v) is 6.26. The number of pyridine rings is 1. The van der Waals surface area contributed by atoms with Crippen molar-refractivity contribution in [3.8, 4) is 11.3 Å². The fraction of sp³-hybridized carbons (Fsp3) is 0. The number of carbonyl (C=O) groups is 1. The number of para-hydroxylation sites is 1. The Hall–Kier alpha value is -3.02. The Bertz CT molecular complexity index is 770. The molecule has 2 N–H and O–H groups in total. The first kappa shape index (κ1) is 13.0. The van der Waals surface area contributed by atoms with E-state index in [1.807, 2.05) is 0 Å². The van der Waals surface area contributed by atoms with Crippen molar-refractivity contribution in [1.29, 1.82) is 0 Å². The van der Waals surface area contributed by atoms with Crippen molar-refractivity contribution < 1.29 is 9.18 Å². The van der Waals surface area contributed by atoms with E-state index < -0.39 is 11.7 Å². The summed E-state index contributed by atoms with van der Waals surface area (Å²) in [7, 11) is 0. The van der Waals surface area contributed by atoms with Gasteiger partial charge < -0.3 is 5.32 Å². The topological polar surface area (TPSA) is 70.7 Å². The number of nitrogens with one attached hydrogen (secondary N) is 2. The number of anilines is 1. The van der Waals surface area contributed by atoms with Crippen LogP contribution in [-0.2, 0) is 0 Å². The number of rotatable bonds is 3. The molecule has 0 unspecified atom stereocenters. The lowest BCUT2D eigenvalue weighted by Gasteiger charge is -2.03. The summed E-state index contributed by atoms with van der Waals surface area (Å²) in [6.45, 7) is 0. The largest absolute Gasteiger partial charge is 0.318 e. The zero-order chi connectivity index (χ0) is 14.7. The molecule has 6 heteroatoms. The van der Waals surface area contributed by atoms with Crippen LogP contribution in [0.3, 0.4) is 0 Å². The summed E-state index contributed by atoms with van der Waals surface area (Å²) in [5.41, 5.74) is 1.84. The molecule has 21 heavy (non-hydrogen) atoms. The van der Waals surface area contributed by atoms with Gasteiger partial charge in [-0.05, 0) is 30.3 Å². The summed E-state index contributed by atoms with van der Waals surface area (Å²) in [5.74, 6) is -0.937. The van der Waals surface area contributed by atoms with Crippen molar-refractivity contribution in [2.75, 3.05) is 5.32 Å². The van der Waals surface area contributed by atoms with E-state index in [2.05, 4.69) is 20.5 Å². The zero-order valence-corrected chi connectivity index (χ0v) is 10.9. The average Bonchev–Trinajstić information content (AvgIpc) is 3.00. The highest BCUT2D eigenvalue weighted by molar-refractivity contribution is 6.03. The van der Waals surface area contributed by atoms with Gasteiger partial charge >= 0.3 is 0 Å². The Labute approximate surface area is 119 Å². The van der Waals surface area contributed by atoms with Gasteiger partial charge in [0, 0.05) is 18.0 Å². The monoisotopic (exact) mass is 282 g/mol. The summed E-state index contributed by atoms with van der Waals surface area (Å²) in [5, 5.41) is 9.20. The highest BCUT2D eigenvalue weighted by Gasteiger charge is 2.12. The van der Waals surface area contributed by atoms with Crippen LogP contribution in [0.4, 0.5) is 10.1 Å². The van der Waals surface area contributed by atoms with Crippen LogP contribution in [0.15, 0.2) is 54.9 Å². The summed E-state index contributed by atoms with van der Waals surface area (Å²) >= 11 is 0. The highest BCUT2D eigenvalue weighted by Crippen LogP contribution is 2.18. The van der Waals surface area contributed by atoms with Crippen LogP contribution in [-0.4, -0.2) is 21.1 Å². The number of hydrogen-bond acceptors (Lipinski definition) is 3. The summed E-state index contributed by atoms with van der Waals surface area (Å²) in [6, 6.07) is 11.2. The fourth-order valence-electron chi connectivity index (χ4n) is 1.86. The maximum atomic E-state index is 13.5. The molecule has 1 aromatic carbocycles. The minimum atomic E-state index is -0.486. The molecule has 104 valence electrons. The maximum absolute atomic E-state index is 13.5. The van der Waals surface area contributed by atoms with E-state index in [0.717, 1.165) is 5.56 Å². The quantitative estimate of drug-likeness (QED) is 0.776. The van der Waals surface area contributed by atoms with Crippen LogP contribution in [0.25, 0.3) is 11.3 Å². The number of benzene rings is 1. The van der Waals surface area contributed by atoms with E-state index in [0.29, 0.717) is 5.69 Å². The second-order valence-electron chi connectivity index (χ2n) is 4.34. The molecule has 0 saturated heterocycles. The van der Waals surface area contributed by atoms with Crippen LogP contribution >= 0.6 is 0 Å². The Morgan fingerprint density at radius 1 is 1.14 bits per heavy atom. The molecule has 0 spiro atoms. The summed E-state index contributed by atoms with van der Waals surface area (Å²) in [4.78, 5) is 16.0. The molecule has 3 aromatic rings. The van der Waals surface area contributed by atoms with Crippen LogP contribution in [0.5, 0.6) is 0 Å². The van der Waals surface area contributed by atoms with Crippen molar-refractivity contribution in [1.82, 2.24) is 15.2 Å². The van der Waals surface area contributed by atoms with Crippen molar-refractivity contribution in [2.45, 2.75) is 0 Å². The molecular formula is C15H11FN4O. The predicted octanol–water partition coefficient (Wildman–Crippen LogP) is 2.86. The second-order valence-corrected chi connectivity index (χ2v) is 4.34. The molecule has 0 bridgehead atoms. The van der Waals surface area contributed by atoms with Crippen LogP contribution in [0.2, 0.25) is 0 Å². The molecular weight excluding hydrogens is 271 g/mol. The van der Waals surface area contributed by atoms with Gasteiger partial charge in [-0.1, -0.05) is 12.1 Å². The first-order valence-electron chi connectivity index (χ1n) is 6.26. The molecule has 0 radical (unpaired) electrons. The van der Waals surface area contributed by atoms with Gasteiger partial charge in [0.15, 0.2) is 0 Å². The predicted molar refractivity (Wildman–Crippen MR) is 76.2 cm³/mol. The minimum absolute atomic E-state index is 0.127. The van der Waals surface area contributed by atoms with Crippen molar-refractivity contribution >= 4 is 11.6 Å². The third kappa shape index (κ3) is 2.79.